The number of halogens is 4. The molecule has 0 atom stereocenters. The first kappa shape index (κ1) is 14.3. The lowest BCUT2D eigenvalue weighted by atomic mass is 10.3. The Kier molecular flexibility index (Phi) is 4.42. The number of carbonyl (C=O) groups is 1. The molecule has 9 heteroatoms. The maximum absolute atomic E-state index is 11.6. The zero-order valence-corrected chi connectivity index (χ0v) is 12.0. The first-order valence-corrected chi connectivity index (χ1v) is 6.32. The van der Waals surface area contributed by atoms with Gasteiger partial charge in [-0.15, -0.1) is 0 Å². The molecule has 2 rings (SSSR count). The summed E-state index contributed by atoms with van der Waals surface area (Å²) in [7, 11) is 0. The monoisotopic (exact) mass is 339 g/mol. The number of nitrogens with one attached hydrogen (secondary N) is 2. The summed E-state index contributed by atoms with van der Waals surface area (Å²) in [6.07, 6.45) is 0. The van der Waals surface area contributed by atoms with Crippen LogP contribution in [0.4, 0.5) is 5.69 Å². The third kappa shape index (κ3) is 3.25. The summed E-state index contributed by atoms with van der Waals surface area (Å²) in [5, 5.41) is 0.625. The number of benzene rings is 1. The van der Waals surface area contributed by atoms with Crippen LogP contribution < -0.4 is 5.48 Å². The van der Waals surface area contributed by atoms with Crippen LogP contribution in [0.2, 0.25) is 20.4 Å². The average molecular weight is 341 g/mol. The molecule has 5 nitrogen and oxygen atoms in total. The van der Waals surface area contributed by atoms with Crippen LogP contribution in [-0.2, 0) is 4.84 Å². The Hall–Kier alpha value is -1.14. The quantitative estimate of drug-likeness (QED) is 0.821. The number of carbonyl (C=O) groups excluding carboxylic acids is 1. The van der Waals surface area contributed by atoms with E-state index in [2.05, 4.69) is 15.4 Å². The third-order valence-corrected chi connectivity index (χ3v) is 3.29. The van der Waals surface area contributed by atoms with E-state index in [1.165, 1.54) is 0 Å². The second kappa shape index (κ2) is 5.88. The lowest BCUT2D eigenvalue weighted by Crippen LogP contribution is -2.12. The van der Waals surface area contributed by atoms with Crippen molar-refractivity contribution in [3.05, 3.63) is 44.4 Å². The number of aromatic amines is 1. The van der Waals surface area contributed by atoms with E-state index >= 15 is 0 Å². The highest BCUT2D eigenvalue weighted by Crippen LogP contribution is 2.29. The summed E-state index contributed by atoms with van der Waals surface area (Å²) in [4.78, 5) is 22.5. The Balaban J connectivity index is 2.08. The molecule has 0 saturated heterocycles. The highest BCUT2D eigenvalue weighted by Gasteiger charge is 2.16. The van der Waals surface area contributed by atoms with Crippen molar-refractivity contribution in [2.75, 3.05) is 5.48 Å². The van der Waals surface area contributed by atoms with Crippen LogP contribution in [-0.4, -0.2) is 15.9 Å². The van der Waals surface area contributed by atoms with Crippen LogP contribution in [0.5, 0.6) is 0 Å². The van der Waals surface area contributed by atoms with Gasteiger partial charge in [-0.25, -0.2) is 15.3 Å². The topological polar surface area (TPSA) is 67.0 Å². The molecule has 0 amide bonds. The van der Waals surface area contributed by atoms with E-state index in [0.717, 1.165) is 0 Å². The largest absolute Gasteiger partial charge is 0.398 e. The van der Waals surface area contributed by atoms with Gasteiger partial charge in [0.2, 0.25) is 5.82 Å². The van der Waals surface area contributed by atoms with Gasteiger partial charge >= 0.3 is 5.97 Å². The standard InChI is InChI=1S/C10H5Cl4N3O2/c11-4-2-1-3-5(12)6(4)17-19-10(18)9-15-7(13)8(14)16-9/h1-3,17H,(H,15,16). The molecule has 0 fully saturated rings. The van der Waals surface area contributed by atoms with E-state index in [1.54, 1.807) is 18.2 Å². The van der Waals surface area contributed by atoms with Crippen molar-refractivity contribution < 1.29 is 9.63 Å². The highest BCUT2D eigenvalue weighted by molar-refractivity contribution is 6.40. The highest BCUT2D eigenvalue weighted by atomic mass is 35.5. The number of hydrogen-bond acceptors (Lipinski definition) is 4. The van der Waals surface area contributed by atoms with Crippen molar-refractivity contribution in [1.82, 2.24) is 9.97 Å². The lowest BCUT2D eigenvalue weighted by molar-refractivity contribution is 0.0584. The number of H-pyrrole nitrogens is 1. The summed E-state index contributed by atoms with van der Waals surface area (Å²) in [6, 6.07) is 4.83. The number of hydrogen-bond donors (Lipinski definition) is 2. The molecule has 0 bridgehead atoms. The van der Waals surface area contributed by atoms with Gasteiger partial charge in [-0.3, -0.25) is 0 Å². The molecule has 19 heavy (non-hydrogen) atoms. The molecule has 0 saturated carbocycles. The molecule has 0 aliphatic rings. The average Bonchev–Trinajstić information content (AvgIpc) is 2.69. The number of para-hydroxylation sites is 1. The smallest absolute Gasteiger partial charge is 0.335 e. The van der Waals surface area contributed by atoms with Crippen LogP contribution in [0.3, 0.4) is 0 Å². The summed E-state index contributed by atoms with van der Waals surface area (Å²) in [6.45, 7) is 0. The summed E-state index contributed by atoms with van der Waals surface area (Å²) < 4.78 is 0. The van der Waals surface area contributed by atoms with Gasteiger partial charge in [-0.1, -0.05) is 52.5 Å². The van der Waals surface area contributed by atoms with Crippen LogP contribution in [0.25, 0.3) is 0 Å². The van der Waals surface area contributed by atoms with Crippen LogP contribution >= 0.6 is 46.4 Å². The van der Waals surface area contributed by atoms with E-state index in [9.17, 15) is 4.79 Å². The number of rotatable bonds is 3. The fourth-order valence-corrected chi connectivity index (χ4v) is 1.91. The number of aromatic nitrogens is 2. The van der Waals surface area contributed by atoms with Crippen molar-refractivity contribution in [3.63, 3.8) is 0 Å². The predicted octanol–water partition coefficient (Wildman–Crippen LogP) is 4.21. The van der Waals surface area contributed by atoms with Gasteiger partial charge < -0.3 is 9.82 Å². The molecule has 1 heterocycles. The molecule has 1 aromatic carbocycles. The van der Waals surface area contributed by atoms with Gasteiger partial charge in [0.25, 0.3) is 0 Å². The molecular weight excluding hydrogens is 336 g/mol. The molecule has 1 aromatic heterocycles. The summed E-state index contributed by atoms with van der Waals surface area (Å²) in [5.74, 6) is -0.963. The first-order valence-electron chi connectivity index (χ1n) is 4.81. The SMILES string of the molecule is O=C(ONc1c(Cl)cccc1Cl)c1nc(Cl)c(Cl)[nH]1. The molecule has 0 aliphatic carbocycles. The maximum atomic E-state index is 11.6. The van der Waals surface area contributed by atoms with Gasteiger partial charge in [0, 0.05) is 0 Å². The van der Waals surface area contributed by atoms with Crippen LogP contribution in [0, 0.1) is 0 Å². The second-order valence-corrected chi connectivity index (χ2v) is 4.83. The number of anilines is 1. The molecular formula is C10H5Cl4N3O2. The van der Waals surface area contributed by atoms with E-state index in [-0.39, 0.29) is 21.8 Å². The fourth-order valence-electron chi connectivity index (χ4n) is 1.17. The zero-order chi connectivity index (χ0) is 14.0. The minimum Gasteiger partial charge on any atom is -0.335 e. The minimum absolute atomic E-state index is 0.0237. The molecule has 0 radical (unpaired) electrons. The maximum Gasteiger partial charge on any atom is 0.398 e. The van der Waals surface area contributed by atoms with E-state index in [4.69, 9.17) is 51.2 Å². The molecule has 0 unspecified atom stereocenters. The normalized spacial score (nSPS) is 10.3. The first-order chi connectivity index (χ1) is 8.99. The zero-order valence-electron chi connectivity index (χ0n) is 9.01. The number of imidazole rings is 1. The third-order valence-electron chi connectivity index (χ3n) is 2.02. The Morgan fingerprint density at radius 1 is 1.21 bits per heavy atom. The minimum atomic E-state index is -0.815. The Morgan fingerprint density at radius 2 is 1.84 bits per heavy atom. The van der Waals surface area contributed by atoms with E-state index in [1.807, 2.05) is 0 Å². The molecule has 100 valence electrons. The van der Waals surface area contributed by atoms with Crippen molar-refractivity contribution in [1.29, 1.82) is 0 Å². The van der Waals surface area contributed by atoms with Crippen molar-refractivity contribution >= 4 is 58.1 Å². The Bertz CT molecular complexity index is 589. The number of nitrogens with zero attached hydrogens (tertiary/aromatic N) is 1. The van der Waals surface area contributed by atoms with Crippen LogP contribution in [0.1, 0.15) is 10.6 Å². The van der Waals surface area contributed by atoms with Gasteiger partial charge in [0.05, 0.1) is 10.0 Å². The van der Waals surface area contributed by atoms with Crippen molar-refractivity contribution in [2.45, 2.75) is 0 Å². The van der Waals surface area contributed by atoms with Gasteiger partial charge in [-0.2, -0.15) is 0 Å². The van der Waals surface area contributed by atoms with Gasteiger partial charge in [0.1, 0.15) is 10.8 Å². The Morgan fingerprint density at radius 3 is 2.37 bits per heavy atom. The van der Waals surface area contributed by atoms with Crippen molar-refractivity contribution in [2.24, 2.45) is 0 Å². The predicted molar refractivity (Wildman–Crippen MR) is 74.1 cm³/mol. The van der Waals surface area contributed by atoms with Crippen LogP contribution in [0.15, 0.2) is 18.2 Å². The summed E-state index contributed by atoms with van der Waals surface area (Å²) in [5.41, 5.74) is 2.62. The van der Waals surface area contributed by atoms with Crippen molar-refractivity contribution in [3.8, 4) is 0 Å². The van der Waals surface area contributed by atoms with Gasteiger partial charge in [0.15, 0.2) is 5.15 Å². The molecule has 2 aromatic rings. The summed E-state index contributed by atoms with van der Waals surface area (Å²) >= 11 is 23.0. The van der Waals surface area contributed by atoms with E-state index in [0.29, 0.717) is 10.0 Å². The van der Waals surface area contributed by atoms with E-state index < -0.39 is 5.97 Å². The second-order valence-electron chi connectivity index (χ2n) is 3.28. The lowest BCUT2D eigenvalue weighted by Gasteiger charge is -2.08. The Labute approximate surface area is 127 Å². The molecule has 0 spiro atoms. The molecule has 0 aliphatic heterocycles. The molecule has 2 N–H and O–H groups in total. The fraction of sp³-hybridized carbons (Fsp3) is 0. The van der Waals surface area contributed by atoms with Gasteiger partial charge in [-0.05, 0) is 12.1 Å².